The van der Waals surface area contributed by atoms with E-state index in [0.717, 1.165) is 11.1 Å². The molecule has 0 radical (unpaired) electrons. The van der Waals surface area contributed by atoms with Crippen LogP contribution in [0.1, 0.15) is 22.3 Å². The van der Waals surface area contributed by atoms with Gasteiger partial charge in [0, 0.05) is 11.3 Å². The average Bonchev–Trinajstić information content (AvgIpc) is 2.48. The van der Waals surface area contributed by atoms with Crippen molar-refractivity contribution in [1.29, 1.82) is 0 Å². The normalized spacial score (nSPS) is 10.3. The van der Waals surface area contributed by atoms with Gasteiger partial charge in [-0.15, -0.1) is 0 Å². The van der Waals surface area contributed by atoms with Crippen LogP contribution in [0.15, 0.2) is 12.1 Å². The Morgan fingerprint density at radius 2 is 1.32 bits per heavy atom. The maximum absolute atomic E-state index is 13.7. The molecule has 0 bridgehead atoms. The van der Waals surface area contributed by atoms with Gasteiger partial charge in [-0.3, -0.25) is 0 Å². The van der Waals surface area contributed by atoms with Crippen LogP contribution in [0.4, 0.5) is 23.2 Å². The summed E-state index contributed by atoms with van der Waals surface area (Å²) >= 11 is 1.20. The number of nitrogens with two attached hydrogens (primary N) is 1. The molecule has 114 valence electrons. The van der Waals surface area contributed by atoms with Crippen LogP contribution in [-0.2, 0) is 0 Å². The predicted octanol–water partition coefficient (Wildman–Crippen LogP) is 4.45. The molecule has 0 aliphatic rings. The molecule has 22 heavy (non-hydrogen) atoms. The first kappa shape index (κ1) is 16.6. The van der Waals surface area contributed by atoms with Gasteiger partial charge in [-0.2, -0.15) is 0 Å². The molecule has 0 aliphatic heterocycles. The Morgan fingerprint density at radius 1 is 0.864 bits per heavy atom. The third kappa shape index (κ3) is 2.90. The summed E-state index contributed by atoms with van der Waals surface area (Å²) in [7, 11) is 0. The third-order valence-corrected chi connectivity index (χ3v) is 4.08. The first-order chi connectivity index (χ1) is 10.2. The highest BCUT2D eigenvalue weighted by molar-refractivity contribution is 14.1. The molecule has 0 fully saturated rings. The number of rotatable bonds is 0. The number of benzene rings is 2. The summed E-state index contributed by atoms with van der Waals surface area (Å²) in [5.41, 5.74) is 7.41. The number of anilines is 1. The van der Waals surface area contributed by atoms with Crippen LogP contribution in [0.5, 0.6) is 0 Å². The molecule has 0 saturated heterocycles. The van der Waals surface area contributed by atoms with Gasteiger partial charge in [0.15, 0.2) is 23.3 Å². The molecule has 0 unspecified atom stereocenters. The third-order valence-electron chi connectivity index (χ3n) is 3.14. The van der Waals surface area contributed by atoms with Crippen molar-refractivity contribution >= 4 is 28.3 Å². The molecule has 0 amide bonds. The van der Waals surface area contributed by atoms with E-state index in [4.69, 9.17) is 5.73 Å². The minimum absolute atomic E-state index is 0.447. The van der Waals surface area contributed by atoms with Crippen molar-refractivity contribution in [1.82, 2.24) is 0 Å². The summed E-state index contributed by atoms with van der Waals surface area (Å²) < 4.78 is 53.6. The molecule has 1 nitrogen and oxygen atoms in total. The van der Waals surface area contributed by atoms with Crippen LogP contribution in [0.2, 0.25) is 0 Å². The zero-order valence-electron chi connectivity index (χ0n) is 11.6. The van der Waals surface area contributed by atoms with Crippen molar-refractivity contribution in [2.24, 2.45) is 0 Å². The minimum Gasteiger partial charge on any atom is -0.398 e. The van der Waals surface area contributed by atoms with Crippen molar-refractivity contribution in [3.8, 4) is 11.8 Å². The van der Waals surface area contributed by atoms with Gasteiger partial charge in [0.05, 0.1) is 3.57 Å². The van der Waals surface area contributed by atoms with Crippen molar-refractivity contribution in [2.45, 2.75) is 13.8 Å². The van der Waals surface area contributed by atoms with E-state index < -0.39 is 32.4 Å². The summed E-state index contributed by atoms with van der Waals surface area (Å²) in [6, 6.07) is 3.26. The lowest BCUT2D eigenvalue weighted by Gasteiger charge is -2.05. The van der Waals surface area contributed by atoms with Gasteiger partial charge in [0.1, 0.15) is 5.56 Å². The second-order valence-corrected chi connectivity index (χ2v) is 5.80. The standard InChI is InChI=1S/C16H10F4IN/c1-7-5-9(6-8(2)16(7)22)3-4-10-11(17)13(19)15(21)14(20)12(10)18/h5-6H,22H2,1-2H3. The van der Waals surface area contributed by atoms with Gasteiger partial charge in [-0.05, 0) is 59.7 Å². The molecular formula is C16H10F4IN. The van der Waals surface area contributed by atoms with E-state index >= 15 is 0 Å². The molecule has 0 spiro atoms. The lowest BCUT2D eigenvalue weighted by Crippen LogP contribution is -2.03. The van der Waals surface area contributed by atoms with Crippen LogP contribution >= 0.6 is 22.6 Å². The smallest absolute Gasteiger partial charge is 0.178 e. The molecule has 2 N–H and O–H groups in total. The highest BCUT2D eigenvalue weighted by Crippen LogP contribution is 2.25. The van der Waals surface area contributed by atoms with Gasteiger partial charge in [0.25, 0.3) is 0 Å². The predicted molar refractivity (Wildman–Crippen MR) is 85.3 cm³/mol. The van der Waals surface area contributed by atoms with Crippen molar-refractivity contribution < 1.29 is 17.6 Å². The van der Waals surface area contributed by atoms with E-state index in [9.17, 15) is 17.6 Å². The zero-order valence-corrected chi connectivity index (χ0v) is 13.8. The second-order valence-electron chi connectivity index (χ2n) is 4.72. The summed E-state index contributed by atoms with van der Waals surface area (Å²) in [6.07, 6.45) is 0. The largest absolute Gasteiger partial charge is 0.398 e. The van der Waals surface area contributed by atoms with Gasteiger partial charge in [0.2, 0.25) is 0 Å². The Labute approximate surface area is 138 Å². The van der Waals surface area contributed by atoms with Gasteiger partial charge in [-0.1, -0.05) is 11.8 Å². The minimum atomic E-state index is -1.50. The Balaban J connectivity index is 2.59. The number of aryl methyl sites for hydroxylation is 2. The fraction of sp³-hybridized carbons (Fsp3) is 0.125. The quantitative estimate of drug-likeness (QED) is 0.168. The Bertz CT molecular complexity index is 782. The number of hydrogen-bond donors (Lipinski definition) is 1. The Morgan fingerprint density at radius 3 is 1.77 bits per heavy atom. The summed E-state index contributed by atoms with van der Waals surface area (Å²) in [5.74, 6) is -1.24. The fourth-order valence-electron chi connectivity index (χ4n) is 1.90. The highest BCUT2D eigenvalue weighted by Gasteiger charge is 2.22. The number of hydrogen-bond acceptors (Lipinski definition) is 1. The van der Waals surface area contributed by atoms with E-state index in [1.165, 1.54) is 22.6 Å². The van der Waals surface area contributed by atoms with E-state index in [-0.39, 0.29) is 0 Å². The van der Waals surface area contributed by atoms with Crippen molar-refractivity contribution in [3.05, 3.63) is 61.2 Å². The van der Waals surface area contributed by atoms with Crippen LogP contribution in [0.25, 0.3) is 0 Å². The molecule has 0 saturated carbocycles. The molecule has 2 aromatic carbocycles. The van der Waals surface area contributed by atoms with Gasteiger partial charge >= 0.3 is 0 Å². The van der Waals surface area contributed by atoms with E-state index in [2.05, 4.69) is 11.8 Å². The van der Waals surface area contributed by atoms with Gasteiger partial charge < -0.3 is 5.73 Å². The molecule has 0 heterocycles. The molecule has 2 rings (SSSR count). The maximum Gasteiger partial charge on any atom is 0.178 e. The SMILES string of the molecule is Cc1cc(C#Cc2c(F)c(F)c(I)c(F)c2F)cc(C)c1N. The monoisotopic (exact) mass is 419 g/mol. The molecule has 0 aromatic heterocycles. The van der Waals surface area contributed by atoms with Crippen LogP contribution in [0.3, 0.4) is 0 Å². The first-order valence-corrected chi connectivity index (χ1v) is 7.22. The zero-order chi connectivity index (χ0) is 16.6. The van der Waals surface area contributed by atoms with E-state index in [1.807, 2.05) is 0 Å². The fourth-order valence-corrected chi connectivity index (χ4v) is 2.37. The first-order valence-electron chi connectivity index (χ1n) is 6.14. The summed E-state index contributed by atoms with van der Waals surface area (Å²) in [4.78, 5) is 0. The highest BCUT2D eigenvalue weighted by atomic mass is 127. The maximum atomic E-state index is 13.7. The number of nitrogen functional groups attached to an aromatic ring is 1. The van der Waals surface area contributed by atoms with Crippen molar-refractivity contribution in [2.75, 3.05) is 5.73 Å². The van der Waals surface area contributed by atoms with Crippen LogP contribution in [-0.4, -0.2) is 0 Å². The summed E-state index contributed by atoms with van der Waals surface area (Å²) in [5, 5.41) is 0. The average molecular weight is 419 g/mol. The lowest BCUT2D eigenvalue weighted by molar-refractivity contribution is 0.442. The molecule has 0 atom stereocenters. The Hall–Kier alpha value is -1.75. The molecular weight excluding hydrogens is 409 g/mol. The second kappa shape index (κ2) is 6.16. The topological polar surface area (TPSA) is 26.0 Å². The van der Waals surface area contributed by atoms with E-state index in [0.29, 0.717) is 11.3 Å². The molecule has 2 aromatic rings. The summed E-state index contributed by atoms with van der Waals surface area (Å²) in [6.45, 7) is 3.53. The van der Waals surface area contributed by atoms with E-state index in [1.54, 1.807) is 26.0 Å². The number of halogens is 5. The van der Waals surface area contributed by atoms with Crippen LogP contribution in [0, 0.1) is 52.5 Å². The van der Waals surface area contributed by atoms with Crippen molar-refractivity contribution in [3.63, 3.8) is 0 Å². The van der Waals surface area contributed by atoms with Crippen LogP contribution < -0.4 is 5.73 Å². The Kier molecular flexibility index (Phi) is 4.66. The molecule has 0 aliphatic carbocycles. The lowest BCUT2D eigenvalue weighted by atomic mass is 10.0. The van der Waals surface area contributed by atoms with Gasteiger partial charge in [-0.25, -0.2) is 17.6 Å². The molecule has 6 heteroatoms.